The molecular weight excluding hydrogens is 204 g/mol. The number of piperazine rings is 1. The second kappa shape index (κ2) is 5.96. The number of hydrogen-bond donors (Lipinski definition) is 2. The van der Waals surface area contributed by atoms with Gasteiger partial charge in [-0.05, 0) is 20.3 Å². The van der Waals surface area contributed by atoms with Gasteiger partial charge in [0, 0.05) is 38.8 Å². The number of β-amino-alcohol motifs (C(OH)–C–C–N with tert-alkyl or cyclic N) is 1. The molecular formula is C12H26N2O2. The summed E-state index contributed by atoms with van der Waals surface area (Å²) in [5, 5.41) is 19.0. The van der Waals surface area contributed by atoms with Gasteiger partial charge >= 0.3 is 0 Å². The molecule has 0 saturated carbocycles. The van der Waals surface area contributed by atoms with E-state index in [1.807, 2.05) is 13.8 Å². The third-order valence-corrected chi connectivity index (χ3v) is 3.22. The molecule has 0 radical (unpaired) electrons. The summed E-state index contributed by atoms with van der Waals surface area (Å²) in [5.41, 5.74) is -0.608. The fourth-order valence-electron chi connectivity index (χ4n) is 2.34. The first-order chi connectivity index (χ1) is 7.46. The molecule has 0 aromatic carbocycles. The molecule has 1 aliphatic heterocycles. The van der Waals surface area contributed by atoms with Crippen LogP contribution in [0.5, 0.6) is 0 Å². The molecule has 1 aliphatic rings. The van der Waals surface area contributed by atoms with Gasteiger partial charge in [-0.25, -0.2) is 0 Å². The molecule has 0 bridgehead atoms. The Balaban J connectivity index is 2.33. The minimum atomic E-state index is -0.608. The minimum absolute atomic E-state index is 0.252. The third kappa shape index (κ3) is 4.37. The molecule has 0 aromatic rings. The average Bonchev–Trinajstić information content (AvgIpc) is 2.20. The van der Waals surface area contributed by atoms with Crippen LogP contribution in [0.25, 0.3) is 0 Å². The van der Waals surface area contributed by atoms with Crippen LogP contribution >= 0.6 is 0 Å². The summed E-state index contributed by atoms with van der Waals surface area (Å²) in [7, 11) is 0. The van der Waals surface area contributed by atoms with E-state index in [9.17, 15) is 10.2 Å². The summed E-state index contributed by atoms with van der Waals surface area (Å²) in [6.45, 7) is 10.8. The first kappa shape index (κ1) is 13.9. The van der Waals surface area contributed by atoms with E-state index in [1.165, 1.54) is 0 Å². The molecule has 0 aliphatic carbocycles. The lowest BCUT2D eigenvalue weighted by molar-refractivity contribution is 0.00465. The lowest BCUT2D eigenvalue weighted by atomic mass is 10.1. The Morgan fingerprint density at radius 1 is 1.19 bits per heavy atom. The van der Waals surface area contributed by atoms with Crippen molar-refractivity contribution in [3.05, 3.63) is 0 Å². The predicted molar refractivity (Wildman–Crippen MR) is 65.5 cm³/mol. The predicted octanol–water partition coefficient (Wildman–Crippen LogP) is 0.146. The van der Waals surface area contributed by atoms with Crippen molar-refractivity contribution in [2.75, 3.05) is 39.3 Å². The molecule has 1 saturated heterocycles. The quantitative estimate of drug-likeness (QED) is 0.705. The van der Waals surface area contributed by atoms with Crippen molar-refractivity contribution in [2.45, 2.75) is 38.8 Å². The maximum Gasteiger partial charge on any atom is 0.0718 e. The van der Waals surface area contributed by atoms with Crippen LogP contribution in [0.15, 0.2) is 0 Å². The Kier molecular flexibility index (Phi) is 5.18. The monoisotopic (exact) mass is 230 g/mol. The van der Waals surface area contributed by atoms with Crippen LogP contribution in [0.1, 0.15) is 27.2 Å². The Morgan fingerprint density at radius 3 is 2.12 bits per heavy atom. The SMILES string of the molecule is CC[C@H](CO)N1CCN(CC(C)(C)O)CC1. The van der Waals surface area contributed by atoms with Crippen molar-refractivity contribution in [3.63, 3.8) is 0 Å². The van der Waals surface area contributed by atoms with Crippen LogP contribution in [0.3, 0.4) is 0 Å². The van der Waals surface area contributed by atoms with E-state index in [1.54, 1.807) is 0 Å². The highest BCUT2D eigenvalue weighted by Gasteiger charge is 2.25. The minimum Gasteiger partial charge on any atom is -0.395 e. The molecule has 0 amide bonds. The standard InChI is InChI=1S/C12H26N2O2/c1-4-11(9-15)14-7-5-13(6-8-14)10-12(2,3)16/h11,15-16H,4-10H2,1-3H3/t11-/m1/s1. The van der Waals surface area contributed by atoms with E-state index in [4.69, 9.17) is 0 Å². The molecule has 96 valence electrons. The van der Waals surface area contributed by atoms with E-state index in [2.05, 4.69) is 16.7 Å². The van der Waals surface area contributed by atoms with Gasteiger partial charge < -0.3 is 10.2 Å². The largest absolute Gasteiger partial charge is 0.395 e. The van der Waals surface area contributed by atoms with Gasteiger partial charge in [-0.1, -0.05) is 6.92 Å². The maximum atomic E-state index is 9.74. The zero-order valence-corrected chi connectivity index (χ0v) is 10.8. The van der Waals surface area contributed by atoms with E-state index in [-0.39, 0.29) is 6.61 Å². The van der Waals surface area contributed by atoms with Crippen LogP contribution in [-0.4, -0.2) is 71.0 Å². The Morgan fingerprint density at radius 2 is 1.75 bits per heavy atom. The Labute approximate surface area is 98.9 Å². The van der Waals surface area contributed by atoms with Gasteiger partial charge in [0.25, 0.3) is 0 Å². The van der Waals surface area contributed by atoms with Crippen molar-refractivity contribution in [3.8, 4) is 0 Å². The van der Waals surface area contributed by atoms with Crippen LogP contribution in [0.2, 0.25) is 0 Å². The second-order valence-corrected chi connectivity index (χ2v) is 5.37. The topological polar surface area (TPSA) is 46.9 Å². The van der Waals surface area contributed by atoms with Crippen LogP contribution in [0, 0.1) is 0 Å². The lowest BCUT2D eigenvalue weighted by Gasteiger charge is -2.40. The Hall–Kier alpha value is -0.160. The Bertz CT molecular complexity index is 192. The maximum absolute atomic E-state index is 9.74. The summed E-state index contributed by atoms with van der Waals surface area (Å²) in [6.07, 6.45) is 1.00. The summed E-state index contributed by atoms with van der Waals surface area (Å²) in [4.78, 5) is 4.64. The number of aliphatic hydroxyl groups excluding tert-OH is 1. The highest BCUT2D eigenvalue weighted by atomic mass is 16.3. The first-order valence-electron chi connectivity index (χ1n) is 6.26. The van der Waals surface area contributed by atoms with Crippen LogP contribution < -0.4 is 0 Å². The summed E-state index contributed by atoms with van der Waals surface area (Å²) in [6, 6.07) is 0.310. The zero-order valence-electron chi connectivity index (χ0n) is 10.8. The highest BCUT2D eigenvalue weighted by molar-refractivity contribution is 4.80. The van der Waals surface area contributed by atoms with E-state index in [0.717, 1.165) is 39.1 Å². The molecule has 1 fully saturated rings. The molecule has 2 N–H and O–H groups in total. The van der Waals surface area contributed by atoms with Crippen molar-refractivity contribution in [1.82, 2.24) is 9.80 Å². The van der Waals surface area contributed by atoms with Gasteiger partial charge in [-0.3, -0.25) is 9.80 Å². The smallest absolute Gasteiger partial charge is 0.0718 e. The molecule has 4 heteroatoms. The number of nitrogens with zero attached hydrogens (tertiary/aromatic N) is 2. The normalized spacial score (nSPS) is 22.3. The van der Waals surface area contributed by atoms with Gasteiger partial charge in [0.15, 0.2) is 0 Å². The van der Waals surface area contributed by atoms with Gasteiger partial charge in [0.05, 0.1) is 12.2 Å². The molecule has 1 rings (SSSR count). The van der Waals surface area contributed by atoms with Gasteiger partial charge in [0.1, 0.15) is 0 Å². The summed E-state index contributed by atoms with van der Waals surface area (Å²) in [5.74, 6) is 0. The van der Waals surface area contributed by atoms with Crippen LogP contribution in [0.4, 0.5) is 0 Å². The molecule has 1 atom stereocenters. The number of rotatable bonds is 5. The zero-order chi connectivity index (χ0) is 12.2. The third-order valence-electron chi connectivity index (χ3n) is 3.22. The van der Waals surface area contributed by atoms with E-state index >= 15 is 0 Å². The number of aliphatic hydroxyl groups is 2. The fourth-order valence-corrected chi connectivity index (χ4v) is 2.34. The highest BCUT2D eigenvalue weighted by Crippen LogP contribution is 2.11. The molecule has 0 spiro atoms. The number of hydrogen-bond acceptors (Lipinski definition) is 4. The molecule has 4 nitrogen and oxygen atoms in total. The summed E-state index contributed by atoms with van der Waals surface area (Å²) >= 11 is 0. The van der Waals surface area contributed by atoms with Crippen LogP contribution in [-0.2, 0) is 0 Å². The summed E-state index contributed by atoms with van der Waals surface area (Å²) < 4.78 is 0. The first-order valence-corrected chi connectivity index (χ1v) is 6.26. The van der Waals surface area contributed by atoms with Crippen molar-refractivity contribution in [1.29, 1.82) is 0 Å². The fraction of sp³-hybridized carbons (Fsp3) is 1.00. The van der Waals surface area contributed by atoms with E-state index < -0.39 is 5.60 Å². The van der Waals surface area contributed by atoms with Gasteiger partial charge in [-0.2, -0.15) is 0 Å². The van der Waals surface area contributed by atoms with Crippen molar-refractivity contribution >= 4 is 0 Å². The molecule has 1 heterocycles. The molecule has 16 heavy (non-hydrogen) atoms. The lowest BCUT2D eigenvalue weighted by Crippen LogP contribution is -2.53. The molecule has 0 unspecified atom stereocenters. The second-order valence-electron chi connectivity index (χ2n) is 5.37. The van der Waals surface area contributed by atoms with Crippen molar-refractivity contribution < 1.29 is 10.2 Å². The average molecular weight is 230 g/mol. The molecule has 0 aromatic heterocycles. The van der Waals surface area contributed by atoms with Crippen molar-refractivity contribution in [2.24, 2.45) is 0 Å². The van der Waals surface area contributed by atoms with E-state index in [0.29, 0.717) is 6.04 Å². The van der Waals surface area contributed by atoms with Gasteiger partial charge in [0.2, 0.25) is 0 Å². The van der Waals surface area contributed by atoms with Gasteiger partial charge in [-0.15, -0.1) is 0 Å².